The molecule has 1 aromatic heterocycles. The third kappa shape index (κ3) is 4.01. The van der Waals surface area contributed by atoms with Gasteiger partial charge in [-0.15, -0.1) is 0 Å². The lowest BCUT2D eigenvalue weighted by Gasteiger charge is -2.10. The van der Waals surface area contributed by atoms with Gasteiger partial charge in [0.1, 0.15) is 5.84 Å². The molecule has 29 heavy (non-hydrogen) atoms. The van der Waals surface area contributed by atoms with Crippen LogP contribution in [0.3, 0.4) is 0 Å². The first-order valence-electron chi connectivity index (χ1n) is 8.76. The van der Waals surface area contributed by atoms with Crippen LogP contribution >= 0.6 is 23.2 Å². The number of H-pyrrole nitrogens is 1. The third-order valence-corrected chi connectivity index (χ3v) is 4.92. The van der Waals surface area contributed by atoms with Crippen molar-refractivity contribution in [3.05, 3.63) is 81.4 Å². The topological polar surface area (TPSA) is 94.5 Å². The van der Waals surface area contributed by atoms with Crippen LogP contribution in [0.1, 0.15) is 27.3 Å². The summed E-state index contributed by atoms with van der Waals surface area (Å²) in [5.41, 5.74) is 9.32. The number of nitrogens with zero attached hydrogens (tertiary/aromatic N) is 3. The second-order valence-corrected chi connectivity index (χ2v) is 7.16. The van der Waals surface area contributed by atoms with E-state index in [-0.39, 0.29) is 12.5 Å². The van der Waals surface area contributed by atoms with Gasteiger partial charge in [-0.1, -0.05) is 41.4 Å². The average molecular weight is 427 g/mol. The highest BCUT2D eigenvalue weighted by molar-refractivity contribution is 6.36. The SMILES string of the molecule is Cc1[nH]cnc1C(=O)NNC1=Nc2ccc(Cl)cc2C(c2ccccc2Cl)=NC1. The third-order valence-electron chi connectivity index (χ3n) is 4.35. The first kappa shape index (κ1) is 19.2. The fourth-order valence-corrected chi connectivity index (χ4v) is 3.34. The van der Waals surface area contributed by atoms with Gasteiger partial charge in [0.2, 0.25) is 0 Å². The molecule has 0 bridgehead atoms. The Labute approximate surface area is 176 Å². The predicted molar refractivity (Wildman–Crippen MR) is 114 cm³/mol. The van der Waals surface area contributed by atoms with Gasteiger partial charge in [-0.3, -0.25) is 20.6 Å². The highest BCUT2D eigenvalue weighted by Gasteiger charge is 2.19. The second-order valence-electron chi connectivity index (χ2n) is 6.32. The minimum absolute atomic E-state index is 0.215. The Kier molecular flexibility index (Phi) is 5.33. The first-order valence-corrected chi connectivity index (χ1v) is 9.51. The lowest BCUT2D eigenvalue weighted by atomic mass is 10.0. The van der Waals surface area contributed by atoms with Gasteiger partial charge < -0.3 is 4.98 Å². The van der Waals surface area contributed by atoms with Gasteiger partial charge in [-0.05, 0) is 31.2 Å². The van der Waals surface area contributed by atoms with Crippen molar-refractivity contribution in [2.45, 2.75) is 6.92 Å². The molecule has 3 N–H and O–H groups in total. The molecule has 2 aromatic carbocycles. The number of rotatable bonds is 2. The van der Waals surface area contributed by atoms with Crippen molar-refractivity contribution in [3.63, 3.8) is 0 Å². The molecule has 1 aliphatic heterocycles. The van der Waals surface area contributed by atoms with Crippen LogP contribution < -0.4 is 10.9 Å². The van der Waals surface area contributed by atoms with Crippen LogP contribution in [0.5, 0.6) is 0 Å². The quantitative estimate of drug-likeness (QED) is 0.543. The number of nitrogens with one attached hydrogen (secondary N) is 3. The number of hydrazine groups is 1. The molecule has 0 aliphatic carbocycles. The van der Waals surface area contributed by atoms with Crippen molar-refractivity contribution in [1.29, 1.82) is 0 Å². The van der Waals surface area contributed by atoms with E-state index in [0.29, 0.717) is 38.7 Å². The summed E-state index contributed by atoms with van der Waals surface area (Å²) in [6.45, 7) is 1.98. The highest BCUT2D eigenvalue weighted by Crippen LogP contribution is 2.30. The van der Waals surface area contributed by atoms with Crippen molar-refractivity contribution in [2.24, 2.45) is 9.98 Å². The maximum absolute atomic E-state index is 12.3. The van der Waals surface area contributed by atoms with Crippen LogP contribution in [0, 0.1) is 6.92 Å². The zero-order valence-electron chi connectivity index (χ0n) is 15.3. The number of amides is 1. The summed E-state index contributed by atoms with van der Waals surface area (Å²) in [5, 5.41) is 1.15. The molecule has 7 nitrogen and oxygen atoms in total. The number of carbonyl (C=O) groups excluding carboxylic acids is 1. The van der Waals surface area contributed by atoms with Crippen molar-refractivity contribution in [1.82, 2.24) is 20.8 Å². The van der Waals surface area contributed by atoms with Gasteiger partial charge in [-0.2, -0.15) is 0 Å². The number of aromatic nitrogens is 2. The Hall–Kier alpha value is -3.16. The smallest absolute Gasteiger partial charge is 0.290 e. The molecular weight excluding hydrogens is 411 g/mol. The van der Waals surface area contributed by atoms with Gasteiger partial charge in [0, 0.05) is 26.9 Å². The van der Waals surface area contributed by atoms with E-state index in [1.54, 1.807) is 31.2 Å². The standard InChI is InChI=1S/C20H16Cl2N6O/c1-11-18(25-10-24-11)20(29)28-27-17-9-23-19(13-4-2-3-5-15(13)22)14-8-12(21)6-7-16(14)26-17/h2-8,10H,9H2,1H3,(H,24,25)(H,26,27)(H,28,29). The van der Waals surface area contributed by atoms with E-state index >= 15 is 0 Å². The largest absolute Gasteiger partial charge is 0.348 e. The normalized spacial score (nSPS) is 13.1. The lowest BCUT2D eigenvalue weighted by Crippen LogP contribution is -2.43. The number of hydrogen-bond acceptors (Lipinski definition) is 5. The summed E-state index contributed by atoms with van der Waals surface area (Å²) in [6.07, 6.45) is 1.47. The summed E-state index contributed by atoms with van der Waals surface area (Å²) in [7, 11) is 0. The monoisotopic (exact) mass is 426 g/mol. The summed E-state index contributed by atoms with van der Waals surface area (Å²) in [4.78, 5) is 28.5. The molecule has 146 valence electrons. The van der Waals surface area contributed by atoms with Gasteiger partial charge >= 0.3 is 0 Å². The van der Waals surface area contributed by atoms with Gasteiger partial charge in [0.15, 0.2) is 5.69 Å². The Bertz CT molecular complexity index is 1150. The number of halogens is 2. The van der Waals surface area contributed by atoms with Crippen LogP contribution in [-0.4, -0.2) is 34.0 Å². The first-order chi connectivity index (χ1) is 14.0. The molecule has 0 spiro atoms. The maximum atomic E-state index is 12.3. The summed E-state index contributed by atoms with van der Waals surface area (Å²) in [6, 6.07) is 12.8. The van der Waals surface area contributed by atoms with Crippen molar-refractivity contribution in [3.8, 4) is 0 Å². The molecule has 0 fully saturated rings. The molecule has 2 heterocycles. The Morgan fingerprint density at radius 1 is 1.14 bits per heavy atom. The lowest BCUT2D eigenvalue weighted by molar-refractivity contribution is 0.0938. The van der Waals surface area contributed by atoms with Crippen LogP contribution in [0.4, 0.5) is 5.69 Å². The van der Waals surface area contributed by atoms with Crippen molar-refractivity contribution >= 4 is 46.3 Å². The van der Waals surface area contributed by atoms with Crippen LogP contribution in [0.25, 0.3) is 0 Å². The number of aryl methyl sites for hydroxylation is 1. The number of amidine groups is 1. The minimum atomic E-state index is -0.373. The summed E-state index contributed by atoms with van der Waals surface area (Å²) < 4.78 is 0. The summed E-state index contributed by atoms with van der Waals surface area (Å²) in [5.74, 6) is 0.0968. The fourth-order valence-electron chi connectivity index (χ4n) is 2.94. The summed E-state index contributed by atoms with van der Waals surface area (Å²) >= 11 is 12.6. The van der Waals surface area contributed by atoms with Gasteiger partial charge in [-0.25, -0.2) is 9.98 Å². The van der Waals surface area contributed by atoms with E-state index < -0.39 is 0 Å². The molecule has 0 atom stereocenters. The molecule has 1 aliphatic rings. The number of fused-ring (bicyclic) bond motifs is 1. The van der Waals surface area contributed by atoms with Crippen LogP contribution in [-0.2, 0) is 0 Å². The second kappa shape index (κ2) is 8.06. The molecule has 0 radical (unpaired) electrons. The highest BCUT2D eigenvalue weighted by atomic mass is 35.5. The zero-order valence-corrected chi connectivity index (χ0v) is 16.8. The average Bonchev–Trinajstić information content (AvgIpc) is 3.06. The van der Waals surface area contributed by atoms with Gasteiger partial charge in [0.25, 0.3) is 5.91 Å². The number of aromatic amines is 1. The number of benzene rings is 2. The van der Waals surface area contributed by atoms with E-state index in [1.807, 2.05) is 18.2 Å². The fraction of sp³-hybridized carbons (Fsp3) is 0.100. The van der Waals surface area contributed by atoms with Gasteiger partial charge in [0.05, 0.1) is 24.3 Å². The maximum Gasteiger partial charge on any atom is 0.290 e. The predicted octanol–water partition coefficient (Wildman–Crippen LogP) is 3.84. The molecule has 0 saturated carbocycles. The minimum Gasteiger partial charge on any atom is -0.348 e. The van der Waals surface area contributed by atoms with Crippen molar-refractivity contribution in [2.75, 3.05) is 6.54 Å². The zero-order chi connectivity index (χ0) is 20.4. The molecule has 0 unspecified atom stereocenters. The molecule has 0 saturated heterocycles. The van der Waals surface area contributed by atoms with E-state index in [4.69, 9.17) is 23.2 Å². The Morgan fingerprint density at radius 3 is 2.72 bits per heavy atom. The number of carbonyl (C=O) groups is 1. The van der Waals surface area contributed by atoms with Crippen molar-refractivity contribution < 1.29 is 4.79 Å². The molecule has 9 heteroatoms. The Morgan fingerprint density at radius 2 is 1.97 bits per heavy atom. The molecule has 3 aromatic rings. The van der Waals surface area contributed by atoms with E-state index in [1.165, 1.54) is 6.33 Å². The van der Waals surface area contributed by atoms with E-state index in [2.05, 4.69) is 30.8 Å². The van der Waals surface area contributed by atoms with Crippen LogP contribution in [0.15, 0.2) is 58.8 Å². The van der Waals surface area contributed by atoms with Crippen LogP contribution in [0.2, 0.25) is 10.0 Å². The number of imidazole rings is 1. The van der Waals surface area contributed by atoms with E-state index in [0.717, 1.165) is 11.1 Å². The Balaban J connectivity index is 1.65. The molecule has 1 amide bonds. The number of aliphatic imine (C=N–C) groups is 2. The molecule has 4 rings (SSSR count). The molecular formula is C20H16Cl2N6O. The van der Waals surface area contributed by atoms with E-state index in [9.17, 15) is 4.79 Å². The number of hydrogen-bond donors (Lipinski definition) is 3.